The highest BCUT2D eigenvalue weighted by Gasteiger charge is 2.26. The van der Waals surface area contributed by atoms with E-state index in [1.165, 1.54) is 12.1 Å². The third-order valence-corrected chi connectivity index (χ3v) is 4.52. The molecule has 0 radical (unpaired) electrons. The molecule has 128 valence electrons. The summed E-state index contributed by atoms with van der Waals surface area (Å²) in [5.41, 5.74) is 0.642. The van der Waals surface area contributed by atoms with E-state index in [1.807, 2.05) is 21.8 Å². The molecule has 1 aromatic heterocycles. The number of amides is 1. The number of benzene rings is 1. The average molecular weight is 333 g/mol. The van der Waals surface area contributed by atoms with Crippen LogP contribution in [0, 0.1) is 11.6 Å². The van der Waals surface area contributed by atoms with Crippen molar-refractivity contribution in [2.45, 2.75) is 44.7 Å². The molecule has 0 saturated carbocycles. The third-order valence-electron chi connectivity index (χ3n) is 4.52. The molecule has 1 atom stereocenters. The first-order chi connectivity index (χ1) is 11.6. The molecule has 1 aromatic carbocycles. The normalized spacial score (nSPS) is 17.9. The second kappa shape index (κ2) is 7.55. The molecule has 0 bridgehead atoms. The second-order valence-electron chi connectivity index (χ2n) is 6.21. The number of likely N-dealkylation sites (tertiary alicyclic amines) is 1. The van der Waals surface area contributed by atoms with Gasteiger partial charge >= 0.3 is 0 Å². The lowest BCUT2D eigenvalue weighted by Gasteiger charge is -2.36. The maximum atomic E-state index is 13.3. The fraction of sp³-hybridized carbons (Fsp3) is 0.444. The molecule has 0 N–H and O–H groups in total. The largest absolute Gasteiger partial charge is 0.338 e. The van der Waals surface area contributed by atoms with E-state index in [4.69, 9.17) is 0 Å². The smallest absolute Gasteiger partial charge is 0.223 e. The van der Waals surface area contributed by atoms with Gasteiger partial charge in [0, 0.05) is 25.4 Å². The minimum atomic E-state index is -0.866. The van der Waals surface area contributed by atoms with Gasteiger partial charge in [-0.25, -0.2) is 8.78 Å². The standard InChI is InChI=1S/C18H21F2N3O/c19-16-7-5-14(12-17(16)20)6-8-18(24)23-11-2-1-4-15(23)13-22-10-3-9-21-22/h3,5,7,9-10,12,15H,1-2,4,6,8,11,13H2/t15-/m0/s1. The van der Waals surface area contributed by atoms with Crippen LogP contribution in [0.4, 0.5) is 8.78 Å². The van der Waals surface area contributed by atoms with Crippen molar-refractivity contribution < 1.29 is 13.6 Å². The first kappa shape index (κ1) is 16.6. The Labute approximate surface area is 140 Å². The van der Waals surface area contributed by atoms with Gasteiger partial charge in [0.1, 0.15) is 0 Å². The topological polar surface area (TPSA) is 38.1 Å². The van der Waals surface area contributed by atoms with E-state index in [1.54, 1.807) is 6.20 Å². The summed E-state index contributed by atoms with van der Waals surface area (Å²) in [6.45, 7) is 1.45. The van der Waals surface area contributed by atoms with Crippen LogP contribution in [0.2, 0.25) is 0 Å². The minimum absolute atomic E-state index is 0.0663. The van der Waals surface area contributed by atoms with E-state index in [0.29, 0.717) is 24.9 Å². The van der Waals surface area contributed by atoms with E-state index >= 15 is 0 Å². The summed E-state index contributed by atoms with van der Waals surface area (Å²) in [7, 11) is 0. The van der Waals surface area contributed by atoms with Crippen LogP contribution < -0.4 is 0 Å². The Bertz CT molecular complexity index is 688. The van der Waals surface area contributed by atoms with Crippen LogP contribution >= 0.6 is 0 Å². The lowest BCUT2D eigenvalue weighted by Crippen LogP contribution is -2.46. The summed E-state index contributed by atoms with van der Waals surface area (Å²) in [5.74, 6) is -1.66. The predicted octanol–water partition coefficient (Wildman–Crippen LogP) is 3.18. The Morgan fingerprint density at radius 1 is 1.25 bits per heavy atom. The highest BCUT2D eigenvalue weighted by molar-refractivity contribution is 5.76. The SMILES string of the molecule is O=C(CCc1ccc(F)c(F)c1)N1CCCC[C@H]1Cn1cccn1. The molecule has 4 nitrogen and oxygen atoms in total. The van der Waals surface area contributed by atoms with E-state index < -0.39 is 11.6 Å². The van der Waals surface area contributed by atoms with Gasteiger partial charge in [-0.05, 0) is 49.4 Å². The van der Waals surface area contributed by atoms with Gasteiger partial charge < -0.3 is 4.90 Å². The molecule has 1 saturated heterocycles. The van der Waals surface area contributed by atoms with E-state index in [0.717, 1.165) is 31.9 Å². The number of rotatable bonds is 5. The number of carbonyl (C=O) groups is 1. The number of halogens is 2. The highest BCUT2D eigenvalue weighted by atomic mass is 19.2. The van der Waals surface area contributed by atoms with Crippen molar-refractivity contribution in [2.24, 2.45) is 0 Å². The van der Waals surface area contributed by atoms with Gasteiger partial charge in [-0.1, -0.05) is 6.07 Å². The molecular weight excluding hydrogens is 312 g/mol. The van der Waals surface area contributed by atoms with Gasteiger partial charge in [0.15, 0.2) is 11.6 Å². The summed E-state index contributed by atoms with van der Waals surface area (Å²) in [6.07, 6.45) is 7.44. The van der Waals surface area contributed by atoms with Crippen LogP contribution in [0.3, 0.4) is 0 Å². The molecule has 3 rings (SSSR count). The van der Waals surface area contributed by atoms with Crippen molar-refractivity contribution in [3.63, 3.8) is 0 Å². The third kappa shape index (κ3) is 3.99. The van der Waals surface area contributed by atoms with Crippen molar-refractivity contribution in [3.05, 3.63) is 53.9 Å². The summed E-state index contributed by atoms with van der Waals surface area (Å²) in [5, 5.41) is 4.22. The quantitative estimate of drug-likeness (QED) is 0.843. The fourth-order valence-electron chi connectivity index (χ4n) is 3.23. The molecule has 0 unspecified atom stereocenters. The molecule has 0 spiro atoms. The Morgan fingerprint density at radius 2 is 2.12 bits per heavy atom. The van der Waals surface area contributed by atoms with Crippen LogP contribution in [0.15, 0.2) is 36.7 Å². The minimum Gasteiger partial charge on any atom is -0.338 e. The molecule has 0 aliphatic carbocycles. The van der Waals surface area contributed by atoms with Crippen LogP contribution in [0.1, 0.15) is 31.2 Å². The maximum absolute atomic E-state index is 13.3. The summed E-state index contributed by atoms with van der Waals surface area (Å²) >= 11 is 0. The summed E-state index contributed by atoms with van der Waals surface area (Å²) < 4.78 is 28.1. The molecule has 2 aromatic rings. The van der Waals surface area contributed by atoms with Crippen LogP contribution in [0.25, 0.3) is 0 Å². The van der Waals surface area contributed by atoms with Crippen molar-refractivity contribution in [1.82, 2.24) is 14.7 Å². The number of aryl methyl sites for hydroxylation is 1. The van der Waals surface area contributed by atoms with Crippen molar-refractivity contribution in [2.75, 3.05) is 6.54 Å². The summed E-state index contributed by atoms with van der Waals surface area (Å²) in [6, 6.07) is 5.83. The average Bonchev–Trinajstić information content (AvgIpc) is 3.09. The van der Waals surface area contributed by atoms with E-state index in [9.17, 15) is 13.6 Å². The fourth-order valence-corrected chi connectivity index (χ4v) is 3.23. The van der Waals surface area contributed by atoms with Crippen LogP contribution in [0.5, 0.6) is 0 Å². The van der Waals surface area contributed by atoms with Gasteiger partial charge in [-0.2, -0.15) is 5.10 Å². The first-order valence-electron chi connectivity index (χ1n) is 8.34. The molecular formula is C18H21F2N3O. The number of piperidine rings is 1. The molecule has 24 heavy (non-hydrogen) atoms. The Hall–Kier alpha value is -2.24. The monoisotopic (exact) mass is 333 g/mol. The number of aromatic nitrogens is 2. The second-order valence-corrected chi connectivity index (χ2v) is 6.21. The van der Waals surface area contributed by atoms with Crippen molar-refractivity contribution in [3.8, 4) is 0 Å². The van der Waals surface area contributed by atoms with Crippen molar-refractivity contribution in [1.29, 1.82) is 0 Å². The zero-order valence-corrected chi connectivity index (χ0v) is 13.5. The first-order valence-corrected chi connectivity index (χ1v) is 8.34. The molecule has 1 aliphatic heterocycles. The van der Waals surface area contributed by atoms with Crippen LogP contribution in [-0.4, -0.2) is 33.2 Å². The lowest BCUT2D eigenvalue weighted by atomic mass is 10.0. The lowest BCUT2D eigenvalue weighted by molar-refractivity contribution is -0.135. The highest BCUT2D eigenvalue weighted by Crippen LogP contribution is 2.20. The zero-order valence-electron chi connectivity index (χ0n) is 13.5. The molecule has 2 heterocycles. The van der Waals surface area contributed by atoms with E-state index in [-0.39, 0.29) is 11.9 Å². The van der Waals surface area contributed by atoms with Gasteiger partial charge in [0.05, 0.1) is 12.6 Å². The maximum Gasteiger partial charge on any atom is 0.223 e. The Morgan fingerprint density at radius 3 is 2.88 bits per heavy atom. The van der Waals surface area contributed by atoms with Gasteiger partial charge in [-0.15, -0.1) is 0 Å². The van der Waals surface area contributed by atoms with Gasteiger partial charge in [0.2, 0.25) is 5.91 Å². The Balaban J connectivity index is 1.60. The molecule has 1 fully saturated rings. The predicted molar refractivity (Wildman–Crippen MR) is 86.3 cm³/mol. The van der Waals surface area contributed by atoms with Gasteiger partial charge in [-0.3, -0.25) is 9.48 Å². The van der Waals surface area contributed by atoms with Crippen LogP contribution in [-0.2, 0) is 17.8 Å². The number of nitrogens with zero attached hydrogens (tertiary/aromatic N) is 3. The summed E-state index contributed by atoms with van der Waals surface area (Å²) in [4.78, 5) is 14.5. The number of hydrogen-bond donors (Lipinski definition) is 0. The Kier molecular flexibility index (Phi) is 5.23. The number of hydrogen-bond acceptors (Lipinski definition) is 2. The molecule has 6 heteroatoms. The van der Waals surface area contributed by atoms with Gasteiger partial charge in [0.25, 0.3) is 0 Å². The molecule has 1 aliphatic rings. The zero-order chi connectivity index (χ0) is 16.9. The number of carbonyl (C=O) groups excluding carboxylic acids is 1. The molecule has 1 amide bonds. The van der Waals surface area contributed by atoms with Crippen molar-refractivity contribution >= 4 is 5.91 Å². The van der Waals surface area contributed by atoms with E-state index in [2.05, 4.69) is 5.10 Å².